The maximum absolute atomic E-state index is 5.35. The molecule has 0 aliphatic heterocycles. The zero-order valence-electron chi connectivity index (χ0n) is 31.3. The quantitative estimate of drug-likeness (QED) is 0.169. The highest BCUT2D eigenvalue weighted by atomic mass is 14.8. The Balaban J connectivity index is 0.973. The Hall–Kier alpha value is -7.82. The van der Waals surface area contributed by atoms with Gasteiger partial charge in [0, 0.05) is 43.8 Å². The highest BCUT2D eigenvalue weighted by molar-refractivity contribution is 6.09. The Kier molecular flexibility index (Phi) is 7.20. The second-order valence-corrected chi connectivity index (χ2v) is 15.0. The van der Waals surface area contributed by atoms with Crippen LogP contribution < -0.4 is 0 Å². The third kappa shape index (κ3) is 5.31. The van der Waals surface area contributed by atoms with E-state index >= 15 is 0 Å². The predicted octanol–water partition coefficient (Wildman–Crippen LogP) is 14.0. The lowest BCUT2D eigenvalue weighted by atomic mass is 9.95. The molecule has 12 rings (SSSR count). The van der Waals surface area contributed by atoms with Crippen molar-refractivity contribution in [2.24, 2.45) is 0 Å². The van der Waals surface area contributed by atoms with Gasteiger partial charge in [-0.25, -0.2) is 19.9 Å². The van der Waals surface area contributed by atoms with Crippen LogP contribution >= 0.6 is 0 Å². The zero-order valence-corrected chi connectivity index (χ0v) is 31.3. The molecule has 0 saturated carbocycles. The Morgan fingerprint density at radius 3 is 0.948 bits per heavy atom. The van der Waals surface area contributed by atoms with Crippen molar-refractivity contribution in [2.75, 3.05) is 0 Å². The molecular weight excluding hydrogens is 705 g/mol. The molecule has 0 aliphatic rings. The van der Waals surface area contributed by atoms with Gasteiger partial charge in [-0.15, -0.1) is 0 Å². The molecule has 0 amide bonds. The summed E-state index contributed by atoms with van der Waals surface area (Å²) in [7, 11) is 0. The lowest BCUT2D eigenvalue weighted by Crippen LogP contribution is -1.93. The van der Waals surface area contributed by atoms with E-state index in [9.17, 15) is 0 Å². The van der Waals surface area contributed by atoms with Crippen molar-refractivity contribution in [3.05, 3.63) is 194 Å². The normalized spacial score (nSPS) is 11.8. The van der Waals surface area contributed by atoms with E-state index in [4.69, 9.17) is 19.9 Å². The number of pyridine rings is 4. The van der Waals surface area contributed by atoms with Gasteiger partial charge in [0.05, 0.1) is 44.8 Å². The summed E-state index contributed by atoms with van der Waals surface area (Å²) in [6.45, 7) is 0. The number of rotatable bonds is 4. The van der Waals surface area contributed by atoms with Crippen molar-refractivity contribution in [1.82, 2.24) is 19.9 Å². The SMILES string of the molecule is c1ccc2cc(-c3ccc4ccc5ccc(-c6ccc(-c7ccc8ccc9ccc(-c%10ccc%11ccccc%11c%10)nc9c8n7)c7ccccc67)nc5c4n3)ccc2c1. The summed E-state index contributed by atoms with van der Waals surface area (Å²) in [6.07, 6.45) is 0. The molecule has 4 nitrogen and oxygen atoms in total. The van der Waals surface area contributed by atoms with Crippen LogP contribution in [0, 0.1) is 0 Å². The summed E-state index contributed by atoms with van der Waals surface area (Å²) in [5.74, 6) is 0. The predicted molar refractivity (Wildman–Crippen MR) is 242 cm³/mol. The second-order valence-electron chi connectivity index (χ2n) is 15.0. The molecule has 0 saturated heterocycles. The summed E-state index contributed by atoms with van der Waals surface area (Å²) >= 11 is 0. The summed E-state index contributed by atoms with van der Waals surface area (Å²) in [5, 5.41) is 11.3. The molecule has 0 radical (unpaired) electrons. The van der Waals surface area contributed by atoms with Gasteiger partial charge in [-0.3, -0.25) is 0 Å². The minimum atomic E-state index is 0.893. The van der Waals surface area contributed by atoms with Gasteiger partial charge in [0.2, 0.25) is 0 Å². The Morgan fingerprint density at radius 2 is 0.534 bits per heavy atom. The van der Waals surface area contributed by atoms with Crippen molar-refractivity contribution in [3.8, 4) is 45.0 Å². The van der Waals surface area contributed by atoms with Crippen molar-refractivity contribution >= 4 is 75.9 Å². The molecule has 0 unspecified atom stereocenters. The number of hydrogen-bond acceptors (Lipinski definition) is 4. The van der Waals surface area contributed by atoms with E-state index in [0.717, 1.165) is 99.4 Å². The van der Waals surface area contributed by atoms with E-state index in [2.05, 4.69) is 194 Å². The lowest BCUT2D eigenvalue weighted by molar-refractivity contribution is 1.36. The maximum atomic E-state index is 5.35. The van der Waals surface area contributed by atoms with Crippen molar-refractivity contribution < 1.29 is 0 Å². The molecule has 0 aliphatic carbocycles. The standard InChI is InChI=1S/C54H32N4/c1-3-9-39-31-41(19-13-33(39)7-1)47-27-21-35-15-17-37-23-29-49(57-53(37)51(35)55-47)45-25-26-46(44-12-6-5-11-43(44)45)50-30-24-38-18-16-36-22-28-48(56-52(36)54(38)58-50)42-20-14-34-8-2-4-10-40(34)32-42/h1-32H. The number of fused-ring (bicyclic) bond motifs is 9. The highest BCUT2D eigenvalue weighted by Gasteiger charge is 2.15. The average Bonchev–Trinajstić information content (AvgIpc) is 3.30. The maximum Gasteiger partial charge on any atom is 0.0972 e. The molecule has 4 aromatic heterocycles. The van der Waals surface area contributed by atoms with Gasteiger partial charge in [0.25, 0.3) is 0 Å². The van der Waals surface area contributed by atoms with Crippen LogP contribution in [-0.2, 0) is 0 Å². The van der Waals surface area contributed by atoms with Crippen LogP contribution in [0.25, 0.3) is 121 Å². The Morgan fingerprint density at radius 1 is 0.224 bits per heavy atom. The molecule has 0 N–H and O–H groups in total. The molecule has 4 heterocycles. The van der Waals surface area contributed by atoms with Crippen molar-refractivity contribution in [3.63, 3.8) is 0 Å². The van der Waals surface area contributed by atoms with Crippen LogP contribution in [0.3, 0.4) is 0 Å². The van der Waals surface area contributed by atoms with Gasteiger partial charge in [-0.2, -0.15) is 0 Å². The van der Waals surface area contributed by atoms with Gasteiger partial charge in [0.1, 0.15) is 0 Å². The third-order valence-corrected chi connectivity index (χ3v) is 11.6. The molecule has 12 aromatic rings. The van der Waals surface area contributed by atoms with Gasteiger partial charge >= 0.3 is 0 Å². The number of nitrogens with zero attached hydrogens (tertiary/aromatic N) is 4. The highest BCUT2D eigenvalue weighted by Crippen LogP contribution is 2.38. The van der Waals surface area contributed by atoms with Crippen LogP contribution in [0.15, 0.2) is 194 Å². The van der Waals surface area contributed by atoms with Gasteiger partial charge in [0.15, 0.2) is 0 Å². The molecule has 0 fully saturated rings. The summed E-state index contributed by atoms with van der Waals surface area (Å²) in [4.78, 5) is 21.2. The fraction of sp³-hybridized carbons (Fsp3) is 0. The third-order valence-electron chi connectivity index (χ3n) is 11.6. The van der Waals surface area contributed by atoms with Gasteiger partial charge < -0.3 is 0 Å². The first kappa shape index (κ1) is 32.4. The van der Waals surface area contributed by atoms with Crippen molar-refractivity contribution in [2.45, 2.75) is 0 Å². The number of hydrogen-bond donors (Lipinski definition) is 0. The smallest absolute Gasteiger partial charge is 0.0972 e. The second kappa shape index (κ2) is 12.9. The van der Waals surface area contributed by atoms with Gasteiger partial charge in [-0.1, -0.05) is 158 Å². The van der Waals surface area contributed by atoms with Crippen LogP contribution in [0.2, 0.25) is 0 Å². The minimum Gasteiger partial charge on any atom is -0.245 e. The first-order valence-corrected chi connectivity index (χ1v) is 19.6. The monoisotopic (exact) mass is 736 g/mol. The molecule has 4 heteroatoms. The zero-order chi connectivity index (χ0) is 38.2. The van der Waals surface area contributed by atoms with Crippen LogP contribution in [0.5, 0.6) is 0 Å². The lowest BCUT2D eigenvalue weighted by Gasteiger charge is -2.13. The molecular formula is C54H32N4. The molecule has 58 heavy (non-hydrogen) atoms. The van der Waals surface area contributed by atoms with E-state index in [1.165, 1.54) is 21.5 Å². The largest absolute Gasteiger partial charge is 0.245 e. The fourth-order valence-electron chi connectivity index (χ4n) is 8.60. The fourth-order valence-corrected chi connectivity index (χ4v) is 8.60. The average molecular weight is 737 g/mol. The number of aromatic nitrogens is 4. The van der Waals surface area contributed by atoms with E-state index in [-0.39, 0.29) is 0 Å². The first-order valence-electron chi connectivity index (χ1n) is 19.6. The molecule has 268 valence electrons. The van der Waals surface area contributed by atoms with Crippen LogP contribution in [0.4, 0.5) is 0 Å². The van der Waals surface area contributed by atoms with E-state index < -0.39 is 0 Å². The Labute approximate surface area is 333 Å². The van der Waals surface area contributed by atoms with Crippen molar-refractivity contribution in [1.29, 1.82) is 0 Å². The number of benzene rings is 8. The molecule has 8 aromatic carbocycles. The van der Waals surface area contributed by atoms with Crippen LogP contribution in [0.1, 0.15) is 0 Å². The summed E-state index contributed by atoms with van der Waals surface area (Å²) < 4.78 is 0. The van der Waals surface area contributed by atoms with E-state index in [1.807, 2.05) is 0 Å². The van der Waals surface area contributed by atoms with Crippen LogP contribution in [-0.4, -0.2) is 19.9 Å². The molecule has 0 bridgehead atoms. The summed E-state index contributed by atoms with van der Waals surface area (Å²) in [6, 6.07) is 68.6. The van der Waals surface area contributed by atoms with E-state index in [1.54, 1.807) is 0 Å². The molecule has 0 spiro atoms. The topological polar surface area (TPSA) is 51.6 Å². The van der Waals surface area contributed by atoms with E-state index in [0.29, 0.717) is 0 Å². The minimum absolute atomic E-state index is 0.893. The van der Waals surface area contributed by atoms with Gasteiger partial charge in [-0.05, 0) is 68.7 Å². The summed E-state index contributed by atoms with van der Waals surface area (Å²) in [5.41, 5.74) is 11.6. The first-order chi connectivity index (χ1) is 28.7. The molecule has 0 atom stereocenters. The Bertz CT molecular complexity index is 3400.